The number of carbonyl (C=O) groups is 1. The fourth-order valence-corrected chi connectivity index (χ4v) is 1.42. The second-order valence-electron chi connectivity index (χ2n) is 3.21. The van der Waals surface area contributed by atoms with Crippen molar-refractivity contribution in [3.05, 3.63) is 36.5 Å². The Bertz CT molecular complexity index is 360. The normalized spacial score (nSPS) is 25.7. The van der Waals surface area contributed by atoms with Crippen molar-refractivity contribution in [1.29, 1.82) is 5.26 Å². The zero-order valence-electron chi connectivity index (χ0n) is 8.08. The molecule has 3 heteroatoms. The van der Waals surface area contributed by atoms with Gasteiger partial charge in [0.2, 0.25) is 0 Å². The highest BCUT2D eigenvalue weighted by Gasteiger charge is 2.33. The van der Waals surface area contributed by atoms with E-state index in [0.717, 1.165) is 0 Å². The van der Waals surface area contributed by atoms with Crippen LogP contribution < -0.4 is 5.32 Å². The van der Waals surface area contributed by atoms with Crippen molar-refractivity contribution in [2.45, 2.75) is 13.0 Å². The third-order valence-electron chi connectivity index (χ3n) is 2.24. The average molecular weight is 188 g/mol. The molecule has 0 bridgehead atoms. The highest BCUT2D eigenvalue weighted by molar-refractivity contribution is 6.02. The van der Waals surface area contributed by atoms with Crippen molar-refractivity contribution in [3.8, 4) is 6.07 Å². The van der Waals surface area contributed by atoms with Gasteiger partial charge in [0, 0.05) is 5.57 Å². The molecule has 0 radical (unpaired) electrons. The third-order valence-corrected chi connectivity index (χ3v) is 2.24. The second kappa shape index (κ2) is 3.93. The maximum atomic E-state index is 11.4. The fourth-order valence-electron chi connectivity index (χ4n) is 1.42. The maximum absolute atomic E-state index is 11.4. The molecule has 1 saturated heterocycles. The predicted octanol–water partition coefficient (Wildman–Crippen LogP) is 1.31. The molecule has 1 aliphatic heterocycles. The van der Waals surface area contributed by atoms with Gasteiger partial charge in [0.05, 0.1) is 18.0 Å². The van der Waals surface area contributed by atoms with Crippen LogP contribution in [-0.2, 0) is 4.79 Å². The highest BCUT2D eigenvalue weighted by atomic mass is 16.2. The number of allylic oxidation sites excluding steroid dienone is 2. The second-order valence-corrected chi connectivity index (χ2v) is 3.21. The van der Waals surface area contributed by atoms with Crippen LogP contribution in [0, 0.1) is 17.2 Å². The Balaban J connectivity index is 2.97. The zero-order chi connectivity index (χ0) is 10.7. The van der Waals surface area contributed by atoms with Gasteiger partial charge in [-0.15, -0.1) is 0 Å². The van der Waals surface area contributed by atoms with E-state index < -0.39 is 0 Å². The number of nitrogens with one attached hydrogen (secondary N) is 1. The van der Waals surface area contributed by atoms with Gasteiger partial charge in [-0.3, -0.25) is 4.79 Å². The number of carbonyl (C=O) groups excluding carboxylic acids is 1. The summed E-state index contributed by atoms with van der Waals surface area (Å²) in [5.74, 6) is -0.441. The molecule has 1 aliphatic rings. The zero-order valence-corrected chi connectivity index (χ0v) is 8.08. The summed E-state index contributed by atoms with van der Waals surface area (Å²) in [5.41, 5.74) is 1.19. The number of hydrogen-bond donors (Lipinski definition) is 1. The SMILES string of the molecule is C=C/C=C1\C(=C)C(C(C)C#N)NC1=O. The molecule has 1 rings (SSSR count). The first kappa shape index (κ1) is 10.3. The molecule has 0 aliphatic carbocycles. The lowest BCUT2D eigenvalue weighted by Gasteiger charge is -2.12. The number of rotatable bonds is 2. The van der Waals surface area contributed by atoms with Gasteiger partial charge in [0.15, 0.2) is 0 Å². The number of nitriles is 1. The van der Waals surface area contributed by atoms with Gasteiger partial charge in [-0.25, -0.2) is 0 Å². The minimum absolute atomic E-state index is 0.179. The van der Waals surface area contributed by atoms with Crippen molar-refractivity contribution < 1.29 is 4.79 Å². The van der Waals surface area contributed by atoms with Crippen molar-refractivity contribution >= 4 is 5.91 Å². The topological polar surface area (TPSA) is 52.9 Å². The van der Waals surface area contributed by atoms with Gasteiger partial charge in [-0.05, 0) is 18.6 Å². The third kappa shape index (κ3) is 1.60. The molecule has 0 aromatic heterocycles. The molecule has 72 valence electrons. The lowest BCUT2D eigenvalue weighted by atomic mass is 9.96. The van der Waals surface area contributed by atoms with Crippen LogP contribution in [0.1, 0.15) is 6.92 Å². The van der Waals surface area contributed by atoms with Crippen molar-refractivity contribution in [1.82, 2.24) is 5.32 Å². The fraction of sp³-hybridized carbons (Fsp3) is 0.273. The van der Waals surface area contributed by atoms with E-state index in [1.54, 1.807) is 19.1 Å². The van der Waals surface area contributed by atoms with Crippen molar-refractivity contribution in [2.24, 2.45) is 5.92 Å². The monoisotopic (exact) mass is 188 g/mol. The summed E-state index contributed by atoms with van der Waals surface area (Å²) < 4.78 is 0. The lowest BCUT2D eigenvalue weighted by Crippen LogP contribution is -2.31. The Morgan fingerprint density at radius 3 is 2.86 bits per heavy atom. The van der Waals surface area contributed by atoms with Gasteiger partial charge in [-0.2, -0.15) is 5.26 Å². The first-order chi connectivity index (χ1) is 6.61. The molecule has 0 spiro atoms. The van der Waals surface area contributed by atoms with E-state index in [1.165, 1.54) is 0 Å². The molecular formula is C11H12N2O. The van der Waals surface area contributed by atoms with E-state index in [0.29, 0.717) is 11.1 Å². The van der Waals surface area contributed by atoms with E-state index >= 15 is 0 Å². The largest absolute Gasteiger partial charge is 0.344 e. The lowest BCUT2D eigenvalue weighted by molar-refractivity contribution is -0.116. The highest BCUT2D eigenvalue weighted by Crippen LogP contribution is 2.24. The van der Waals surface area contributed by atoms with Gasteiger partial charge in [-0.1, -0.05) is 19.2 Å². The molecule has 1 fully saturated rings. The Labute approximate surface area is 83.4 Å². The van der Waals surface area contributed by atoms with Gasteiger partial charge >= 0.3 is 0 Å². The molecule has 1 heterocycles. The van der Waals surface area contributed by atoms with Crippen LogP contribution in [0.25, 0.3) is 0 Å². The molecule has 14 heavy (non-hydrogen) atoms. The van der Waals surface area contributed by atoms with E-state index in [9.17, 15) is 4.79 Å². The standard InChI is InChI=1S/C11H12N2O/c1-4-5-9-8(3)10(7(2)6-12)13-11(9)14/h4-5,7,10H,1,3H2,2H3,(H,13,14)/b9-5+. The minimum atomic E-state index is -0.265. The molecule has 2 atom stereocenters. The van der Waals surface area contributed by atoms with E-state index in [2.05, 4.69) is 24.5 Å². The molecule has 3 nitrogen and oxygen atoms in total. The maximum Gasteiger partial charge on any atom is 0.252 e. The first-order valence-corrected chi connectivity index (χ1v) is 4.34. The van der Waals surface area contributed by atoms with Crippen LogP contribution in [0.3, 0.4) is 0 Å². The average Bonchev–Trinajstić information content (AvgIpc) is 2.45. The predicted molar refractivity (Wildman–Crippen MR) is 54.1 cm³/mol. The smallest absolute Gasteiger partial charge is 0.252 e. The quantitative estimate of drug-likeness (QED) is 0.664. The van der Waals surface area contributed by atoms with Crippen LogP contribution >= 0.6 is 0 Å². The number of nitrogens with zero attached hydrogens (tertiary/aromatic N) is 1. The minimum Gasteiger partial charge on any atom is -0.344 e. The van der Waals surface area contributed by atoms with E-state index in [4.69, 9.17) is 5.26 Å². The molecule has 0 saturated carbocycles. The van der Waals surface area contributed by atoms with Crippen LogP contribution in [0.4, 0.5) is 0 Å². The Morgan fingerprint density at radius 2 is 2.36 bits per heavy atom. The molecular weight excluding hydrogens is 176 g/mol. The molecule has 1 amide bonds. The van der Waals surface area contributed by atoms with Crippen LogP contribution in [0.2, 0.25) is 0 Å². The number of hydrogen-bond acceptors (Lipinski definition) is 2. The number of amides is 1. The summed E-state index contributed by atoms with van der Waals surface area (Å²) in [4.78, 5) is 11.4. The summed E-state index contributed by atoms with van der Waals surface area (Å²) >= 11 is 0. The molecule has 0 aromatic carbocycles. The van der Waals surface area contributed by atoms with Crippen LogP contribution in [0.5, 0.6) is 0 Å². The Morgan fingerprint density at radius 1 is 1.71 bits per heavy atom. The van der Waals surface area contributed by atoms with E-state index in [-0.39, 0.29) is 17.9 Å². The summed E-state index contributed by atoms with van der Waals surface area (Å²) in [6, 6.07) is 1.83. The summed E-state index contributed by atoms with van der Waals surface area (Å²) in [7, 11) is 0. The Kier molecular flexibility index (Phi) is 2.88. The van der Waals surface area contributed by atoms with Crippen molar-refractivity contribution in [3.63, 3.8) is 0 Å². The Hall–Kier alpha value is -1.82. The molecule has 0 aromatic rings. The summed E-state index contributed by atoms with van der Waals surface area (Å²) in [5, 5.41) is 11.4. The van der Waals surface area contributed by atoms with Gasteiger partial charge < -0.3 is 5.32 Å². The van der Waals surface area contributed by atoms with E-state index in [1.807, 2.05) is 0 Å². The van der Waals surface area contributed by atoms with Gasteiger partial charge in [0.25, 0.3) is 5.91 Å². The van der Waals surface area contributed by atoms with Crippen LogP contribution in [0.15, 0.2) is 36.5 Å². The summed E-state index contributed by atoms with van der Waals surface area (Å²) in [6.07, 6.45) is 3.15. The van der Waals surface area contributed by atoms with Crippen LogP contribution in [-0.4, -0.2) is 11.9 Å². The van der Waals surface area contributed by atoms with Crippen molar-refractivity contribution in [2.75, 3.05) is 0 Å². The first-order valence-electron chi connectivity index (χ1n) is 4.34. The van der Waals surface area contributed by atoms with Gasteiger partial charge in [0.1, 0.15) is 0 Å². The summed E-state index contributed by atoms with van der Waals surface area (Å²) in [6.45, 7) is 9.08. The molecule has 2 unspecified atom stereocenters. The molecule has 1 N–H and O–H groups in total.